The third-order valence-corrected chi connectivity index (χ3v) is 7.19. The SMILES string of the molecule is O=S(=O)(c1cc(Cl)cc(CO)c1Cl)N1CC2CCCC2C1. The van der Waals surface area contributed by atoms with Crippen LogP contribution in [0.2, 0.25) is 10.0 Å². The Morgan fingerprint density at radius 1 is 1.19 bits per heavy atom. The van der Waals surface area contributed by atoms with Crippen molar-refractivity contribution in [2.75, 3.05) is 13.1 Å². The van der Waals surface area contributed by atoms with Gasteiger partial charge in [-0.3, -0.25) is 0 Å². The van der Waals surface area contributed by atoms with Gasteiger partial charge in [0.15, 0.2) is 0 Å². The number of nitrogens with zero attached hydrogens (tertiary/aromatic N) is 1. The summed E-state index contributed by atoms with van der Waals surface area (Å²) in [5, 5.41) is 9.61. The van der Waals surface area contributed by atoms with Crippen LogP contribution in [0.15, 0.2) is 17.0 Å². The molecule has 1 aliphatic heterocycles. The molecule has 7 heteroatoms. The lowest BCUT2D eigenvalue weighted by Crippen LogP contribution is -2.30. The summed E-state index contributed by atoms with van der Waals surface area (Å²) in [5.41, 5.74) is 0.335. The van der Waals surface area contributed by atoms with E-state index in [1.54, 1.807) is 0 Å². The summed E-state index contributed by atoms with van der Waals surface area (Å²) in [4.78, 5) is 0.000639. The number of hydrogen-bond acceptors (Lipinski definition) is 3. The number of hydrogen-bond donors (Lipinski definition) is 1. The van der Waals surface area contributed by atoms with Crippen LogP contribution in [0, 0.1) is 11.8 Å². The first-order chi connectivity index (χ1) is 9.93. The van der Waals surface area contributed by atoms with Gasteiger partial charge in [-0.05, 0) is 42.4 Å². The molecule has 1 aromatic rings. The van der Waals surface area contributed by atoms with E-state index in [4.69, 9.17) is 23.2 Å². The Labute approximate surface area is 134 Å². The predicted molar refractivity (Wildman–Crippen MR) is 82.0 cm³/mol. The molecule has 1 N–H and O–H groups in total. The molecule has 1 heterocycles. The average molecular weight is 350 g/mol. The molecule has 0 radical (unpaired) electrons. The quantitative estimate of drug-likeness (QED) is 0.912. The zero-order valence-corrected chi connectivity index (χ0v) is 13.8. The lowest BCUT2D eigenvalue weighted by Gasteiger charge is -2.19. The highest BCUT2D eigenvalue weighted by Crippen LogP contribution is 2.41. The molecular formula is C14H17Cl2NO3S. The fraction of sp³-hybridized carbons (Fsp3) is 0.571. The van der Waals surface area contributed by atoms with Gasteiger partial charge in [-0.1, -0.05) is 29.6 Å². The zero-order valence-electron chi connectivity index (χ0n) is 11.4. The van der Waals surface area contributed by atoms with Gasteiger partial charge in [-0.2, -0.15) is 4.31 Å². The van der Waals surface area contributed by atoms with E-state index in [1.807, 2.05) is 0 Å². The Morgan fingerprint density at radius 2 is 1.81 bits per heavy atom. The lowest BCUT2D eigenvalue weighted by atomic mass is 10.0. The van der Waals surface area contributed by atoms with Crippen molar-refractivity contribution in [1.82, 2.24) is 4.31 Å². The van der Waals surface area contributed by atoms with Crippen LogP contribution in [0.5, 0.6) is 0 Å². The largest absolute Gasteiger partial charge is 0.392 e. The Balaban J connectivity index is 1.97. The van der Waals surface area contributed by atoms with E-state index in [1.165, 1.54) is 22.9 Å². The van der Waals surface area contributed by atoms with Crippen molar-refractivity contribution in [3.05, 3.63) is 27.7 Å². The number of fused-ring (bicyclic) bond motifs is 1. The summed E-state index contributed by atoms with van der Waals surface area (Å²) in [6.45, 7) is 0.780. The predicted octanol–water partition coefficient (Wildman–Crippen LogP) is 2.91. The zero-order chi connectivity index (χ0) is 15.2. The van der Waals surface area contributed by atoms with Gasteiger partial charge in [-0.25, -0.2) is 8.42 Å². The van der Waals surface area contributed by atoms with Gasteiger partial charge in [0, 0.05) is 18.1 Å². The Kier molecular flexibility index (Phi) is 4.23. The molecule has 0 aromatic heterocycles. The minimum Gasteiger partial charge on any atom is -0.392 e. The van der Waals surface area contributed by atoms with E-state index in [0.29, 0.717) is 30.5 Å². The molecule has 0 spiro atoms. The molecule has 21 heavy (non-hydrogen) atoms. The molecule has 1 aliphatic carbocycles. The van der Waals surface area contributed by atoms with Crippen molar-refractivity contribution in [2.45, 2.75) is 30.8 Å². The molecule has 1 saturated heterocycles. The minimum absolute atomic E-state index is 0.000639. The van der Waals surface area contributed by atoms with E-state index < -0.39 is 10.0 Å². The van der Waals surface area contributed by atoms with E-state index in [0.717, 1.165) is 12.8 Å². The van der Waals surface area contributed by atoms with Gasteiger partial charge >= 0.3 is 0 Å². The normalized spacial score (nSPS) is 26.2. The first-order valence-electron chi connectivity index (χ1n) is 7.02. The number of sulfonamides is 1. The van der Waals surface area contributed by atoms with Crippen LogP contribution in [-0.4, -0.2) is 30.9 Å². The Bertz CT molecular complexity index is 650. The third-order valence-electron chi connectivity index (χ3n) is 4.56. The standard InChI is InChI=1S/C14H17Cl2NO3S/c15-12-4-11(8-18)14(16)13(5-12)21(19,20)17-6-9-2-1-3-10(9)7-17/h4-5,9-10,18H,1-3,6-8H2. The Hall–Kier alpha value is -0.330. The van der Waals surface area contributed by atoms with Crippen molar-refractivity contribution in [2.24, 2.45) is 11.8 Å². The van der Waals surface area contributed by atoms with Crippen LogP contribution in [0.1, 0.15) is 24.8 Å². The van der Waals surface area contributed by atoms with E-state index in [9.17, 15) is 13.5 Å². The lowest BCUT2D eigenvalue weighted by molar-refractivity contribution is 0.281. The van der Waals surface area contributed by atoms with Gasteiger partial charge in [0.25, 0.3) is 0 Å². The van der Waals surface area contributed by atoms with Crippen LogP contribution in [-0.2, 0) is 16.6 Å². The van der Waals surface area contributed by atoms with Crippen LogP contribution in [0.3, 0.4) is 0 Å². The average Bonchev–Trinajstić information content (AvgIpc) is 3.01. The highest BCUT2D eigenvalue weighted by molar-refractivity contribution is 7.89. The maximum Gasteiger partial charge on any atom is 0.244 e. The van der Waals surface area contributed by atoms with Crippen molar-refractivity contribution < 1.29 is 13.5 Å². The van der Waals surface area contributed by atoms with Crippen LogP contribution < -0.4 is 0 Å². The molecule has 0 amide bonds. The number of benzene rings is 1. The van der Waals surface area contributed by atoms with E-state index >= 15 is 0 Å². The van der Waals surface area contributed by atoms with Gasteiger partial charge in [0.1, 0.15) is 4.90 Å². The second-order valence-corrected chi connectivity index (χ2v) is 8.53. The number of rotatable bonds is 3. The number of aliphatic hydroxyl groups excluding tert-OH is 1. The summed E-state index contributed by atoms with van der Waals surface area (Å²) in [7, 11) is -3.66. The van der Waals surface area contributed by atoms with Crippen LogP contribution in [0.4, 0.5) is 0 Å². The van der Waals surface area contributed by atoms with Gasteiger partial charge < -0.3 is 5.11 Å². The third kappa shape index (κ3) is 2.70. The molecule has 0 bridgehead atoms. The second kappa shape index (κ2) is 5.70. The molecule has 116 valence electrons. The van der Waals surface area contributed by atoms with Crippen molar-refractivity contribution in [3.8, 4) is 0 Å². The van der Waals surface area contributed by atoms with Crippen molar-refractivity contribution in [1.29, 1.82) is 0 Å². The van der Waals surface area contributed by atoms with E-state index in [2.05, 4.69) is 0 Å². The molecular weight excluding hydrogens is 333 g/mol. The fourth-order valence-corrected chi connectivity index (χ4v) is 5.90. The molecule has 2 unspecified atom stereocenters. The minimum atomic E-state index is -3.66. The first-order valence-corrected chi connectivity index (χ1v) is 9.22. The molecule has 4 nitrogen and oxygen atoms in total. The fourth-order valence-electron chi connectivity index (χ4n) is 3.45. The number of aliphatic hydroxyl groups is 1. The van der Waals surface area contributed by atoms with Gasteiger partial charge in [0.2, 0.25) is 10.0 Å². The van der Waals surface area contributed by atoms with Crippen molar-refractivity contribution in [3.63, 3.8) is 0 Å². The maximum absolute atomic E-state index is 12.8. The summed E-state index contributed by atoms with van der Waals surface area (Å²) in [6, 6.07) is 2.86. The highest BCUT2D eigenvalue weighted by atomic mass is 35.5. The monoisotopic (exact) mass is 349 g/mol. The Morgan fingerprint density at radius 3 is 2.38 bits per heavy atom. The summed E-state index contributed by atoms with van der Waals surface area (Å²) in [6.07, 6.45) is 3.39. The highest BCUT2D eigenvalue weighted by Gasteiger charge is 2.42. The van der Waals surface area contributed by atoms with Gasteiger partial charge in [-0.15, -0.1) is 0 Å². The van der Waals surface area contributed by atoms with Crippen molar-refractivity contribution >= 4 is 33.2 Å². The van der Waals surface area contributed by atoms with Crippen LogP contribution >= 0.6 is 23.2 Å². The summed E-state index contributed by atoms with van der Waals surface area (Å²) >= 11 is 12.1. The van der Waals surface area contributed by atoms with Gasteiger partial charge in [0.05, 0.1) is 11.6 Å². The summed E-state index contributed by atoms with van der Waals surface area (Å²) < 4.78 is 27.1. The topological polar surface area (TPSA) is 57.6 Å². The molecule has 2 fully saturated rings. The number of halogens is 2. The molecule has 1 aromatic carbocycles. The molecule has 2 aliphatic rings. The molecule has 1 saturated carbocycles. The second-order valence-electron chi connectivity index (χ2n) is 5.81. The molecule has 2 atom stereocenters. The maximum atomic E-state index is 12.8. The first kappa shape index (κ1) is 15.6. The van der Waals surface area contributed by atoms with E-state index in [-0.39, 0.29) is 21.5 Å². The smallest absolute Gasteiger partial charge is 0.244 e. The van der Waals surface area contributed by atoms with Crippen LogP contribution in [0.25, 0.3) is 0 Å². The summed E-state index contributed by atoms with van der Waals surface area (Å²) in [5.74, 6) is 0.935. The molecule has 3 rings (SSSR count).